The smallest absolute Gasteiger partial charge is 0.127 e. The minimum Gasteiger partial charge on any atom is -0.508 e. The molecular weight excluding hydrogens is 962 g/mol. The van der Waals surface area contributed by atoms with Crippen LogP contribution in [0.1, 0.15) is 61.2 Å². The van der Waals surface area contributed by atoms with Crippen LogP contribution in [0.15, 0.2) is 194 Å². The Labute approximate surface area is 439 Å². The summed E-state index contributed by atoms with van der Waals surface area (Å²) in [6, 6.07) is 55.1. The zero-order valence-corrected chi connectivity index (χ0v) is 41.9. The maximum atomic E-state index is 14.4. The second-order valence-electron chi connectivity index (χ2n) is 17.5. The molecule has 0 saturated carbocycles. The van der Waals surface area contributed by atoms with E-state index in [0.29, 0.717) is 45.6 Å². The highest BCUT2D eigenvalue weighted by molar-refractivity contribution is 5.96. The number of phenols is 2. The van der Waals surface area contributed by atoms with Gasteiger partial charge < -0.3 is 33.9 Å². The molecule has 76 heavy (non-hydrogen) atoms. The van der Waals surface area contributed by atoms with Gasteiger partial charge in [-0.2, -0.15) is 0 Å². The lowest BCUT2D eigenvalue weighted by molar-refractivity contribution is 0.401. The molecule has 7 nitrogen and oxygen atoms in total. The van der Waals surface area contributed by atoms with Crippen molar-refractivity contribution in [2.75, 3.05) is 28.4 Å². The van der Waals surface area contributed by atoms with E-state index in [1.807, 2.05) is 115 Å². The molecular formula is C66H51F3O7. The summed E-state index contributed by atoms with van der Waals surface area (Å²) in [5.74, 6) is 2.63. The second-order valence-corrected chi connectivity index (χ2v) is 17.5. The zero-order valence-electron chi connectivity index (χ0n) is 41.9. The van der Waals surface area contributed by atoms with Crippen LogP contribution in [0.5, 0.6) is 46.0 Å². The Morgan fingerprint density at radius 3 is 0.908 bits per heavy atom. The fourth-order valence-corrected chi connectivity index (χ4v) is 8.67. The largest absolute Gasteiger partial charge is 0.508 e. The van der Waals surface area contributed by atoms with Gasteiger partial charge in [-0.1, -0.05) is 97.1 Å². The van der Waals surface area contributed by atoms with E-state index in [-0.39, 0.29) is 29.0 Å². The first kappa shape index (κ1) is 51.2. The van der Waals surface area contributed by atoms with Crippen LogP contribution in [0.4, 0.5) is 13.2 Å². The number of benzene rings is 9. The molecule has 0 aliphatic rings. The standard InChI is InChI=1S/C66H51F3O7/c1-72-63-39-50(64(73-2)38-49(63)8-5-42-6-27-56(70)28-7-42)35-61(44-11-23-54(68)24-12-44)47-17-31-58(32-18-47)76-59-33-19-48(20-34-59)62(45-13-25-55(69)26-14-45)37-52-41-65(74-3)51(40-66(52)75-4)36-60(43-9-21-53(67)22-10-43)46-15-29-57(71)30-16-46/h5-41,70-71H,1-4H3/b8-5+,60-36+,61-35-,62-37+. The first-order valence-electron chi connectivity index (χ1n) is 24.1. The van der Waals surface area contributed by atoms with Crippen molar-refractivity contribution >= 4 is 47.1 Å². The molecule has 0 spiro atoms. The third-order valence-electron chi connectivity index (χ3n) is 12.6. The van der Waals surface area contributed by atoms with Gasteiger partial charge in [0, 0.05) is 22.3 Å². The molecule has 0 aliphatic carbocycles. The van der Waals surface area contributed by atoms with Crippen molar-refractivity contribution in [3.63, 3.8) is 0 Å². The number of methoxy groups -OCH3 is 4. The molecule has 0 unspecified atom stereocenters. The van der Waals surface area contributed by atoms with Gasteiger partial charge in [-0.25, -0.2) is 13.2 Å². The Morgan fingerprint density at radius 1 is 0.329 bits per heavy atom. The third-order valence-corrected chi connectivity index (χ3v) is 12.6. The van der Waals surface area contributed by atoms with E-state index < -0.39 is 0 Å². The van der Waals surface area contributed by atoms with Crippen molar-refractivity contribution in [3.05, 3.63) is 273 Å². The topological polar surface area (TPSA) is 86.6 Å². The van der Waals surface area contributed by atoms with Crippen LogP contribution >= 0.6 is 0 Å². The van der Waals surface area contributed by atoms with Gasteiger partial charge in [0.25, 0.3) is 0 Å². The second kappa shape index (κ2) is 23.5. The molecule has 9 aromatic rings. The molecule has 9 rings (SSSR count). The quantitative estimate of drug-likeness (QED) is 0.0879. The highest BCUT2D eigenvalue weighted by Gasteiger charge is 2.17. The summed E-state index contributed by atoms with van der Waals surface area (Å²) in [5.41, 5.74) is 10.8. The molecule has 0 aromatic heterocycles. The summed E-state index contributed by atoms with van der Waals surface area (Å²) in [4.78, 5) is 0. The summed E-state index contributed by atoms with van der Waals surface area (Å²) < 4.78 is 72.7. The van der Waals surface area contributed by atoms with Gasteiger partial charge in [0.15, 0.2) is 0 Å². The molecule has 0 saturated heterocycles. The average Bonchev–Trinajstić information content (AvgIpc) is 3.45. The molecule has 0 amide bonds. The van der Waals surface area contributed by atoms with Gasteiger partial charge in [-0.05, 0) is 183 Å². The van der Waals surface area contributed by atoms with E-state index in [0.717, 1.165) is 66.8 Å². The predicted octanol–water partition coefficient (Wildman–Crippen LogP) is 16.3. The summed E-state index contributed by atoms with van der Waals surface area (Å²) in [6.07, 6.45) is 9.70. The predicted molar refractivity (Wildman–Crippen MR) is 297 cm³/mol. The summed E-state index contributed by atoms with van der Waals surface area (Å²) in [5, 5.41) is 19.8. The van der Waals surface area contributed by atoms with E-state index in [2.05, 4.69) is 0 Å². The Morgan fingerprint density at radius 2 is 0.592 bits per heavy atom. The Hall–Kier alpha value is -9.67. The van der Waals surface area contributed by atoms with Gasteiger partial charge in [-0.3, -0.25) is 0 Å². The number of aromatic hydroxyl groups is 2. The van der Waals surface area contributed by atoms with Crippen molar-refractivity contribution in [1.82, 2.24) is 0 Å². The van der Waals surface area contributed by atoms with Gasteiger partial charge >= 0.3 is 0 Å². The molecule has 10 heteroatoms. The number of halogens is 3. The molecule has 0 fully saturated rings. The number of ether oxygens (including phenoxy) is 5. The van der Waals surface area contributed by atoms with E-state index >= 15 is 0 Å². The fraction of sp³-hybridized carbons (Fsp3) is 0.0606. The summed E-state index contributed by atoms with van der Waals surface area (Å²) in [6.45, 7) is 0. The van der Waals surface area contributed by atoms with Crippen molar-refractivity contribution in [3.8, 4) is 46.0 Å². The number of hydrogen-bond acceptors (Lipinski definition) is 7. The molecule has 378 valence electrons. The molecule has 0 heterocycles. The highest BCUT2D eigenvalue weighted by atomic mass is 19.1. The molecule has 2 N–H and O–H groups in total. The van der Waals surface area contributed by atoms with Gasteiger partial charge in [0.1, 0.15) is 63.4 Å². The van der Waals surface area contributed by atoms with Gasteiger partial charge in [-0.15, -0.1) is 0 Å². The summed E-state index contributed by atoms with van der Waals surface area (Å²) in [7, 11) is 6.37. The lowest BCUT2D eigenvalue weighted by Crippen LogP contribution is -1.96. The Kier molecular flexibility index (Phi) is 15.8. The van der Waals surface area contributed by atoms with Crippen molar-refractivity contribution in [2.24, 2.45) is 0 Å². The number of rotatable bonds is 17. The number of phenolic OH excluding ortho intramolecular Hbond substituents is 2. The molecule has 0 atom stereocenters. The van der Waals surface area contributed by atoms with Crippen molar-refractivity contribution in [2.45, 2.75) is 0 Å². The van der Waals surface area contributed by atoms with E-state index in [4.69, 9.17) is 23.7 Å². The number of hydrogen-bond donors (Lipinski definition) is 2. The van der Waals surface area contributed by atoms with Crippen molar-refractivity contribution < 1.29 is 47.1 Å². The SMILES string of the molecule is COc1cc(/C=C(\c2ccc(F)cc2)c2ccc(Oc3ccc(/C(=C\c4cc(OC)c(/C=C/c5ccc(O)cc5)cc4OC)c4ccc(F)cc4)cc3)cc2)c(OC)cc1/C=C(/c1ccc(O)cc1)c1ccc(F)cc1. The molecule has 0 radical (unpaired) electrons. The fourth-order valence-electron chi connectivity index (χ4n) is 8.67. The Bertz CT molecular complexity index is 3540. The van der Waals surface area contributed by atoms with Crippen LogP contribution in [-0.4, -0.2) is 38.7 Å². The van der Waals surface area contributed by atoms with E-state index in [9.17, 15) is 23.4 Å². The van der Waals surface area contributed by atoms with Crippen LogP contribution in [0, 0.1) is 17.5 Å². The molecule has 9 aromatic carbocycles. The van der Waals surface area contributed by atoms with Crippen LogP contribution in [0.25, 0.3) is 47.1 Å². The lowest BCUT2D eigenvalue weighted by Gasteiger charge is -2.16. The zero-order chi connectivity index (χ0) is 53.1. The Balaban J connectivity index is 1.02. The van der Waals surface area contributed by atoms with Crippen LogP contribution in [0.2, 0.25) is 0 Å². The van der Waals surface area contributed by atoms with Crippen LogP contribution < -0.4 is 23.7 Å². The normalized spacial score (nSPS) is 11.9. The maximum absolute atomic E-state index is 14.4. The third kappa shape index (κ3) is 12.2. The monoisotopic (exact) mass is 1010 g/mol. The maximum Gasteiger partial charge on any atom is 0.127 e. The highest BCUT2D eigenvalue weighted by Crippen LogP contribution is 2.40. The van der Waals surface area contributed by atoms with E-state index in [1.165, 1.54) is 36.4 Å². The minimum atomic E-state index is -0.371. The summed E-state index contributed by atoms with van der Waals surface area (Å²) >= 11 is 0. The van der Waals surface area contributed by atoms with Crippen LogP contribution in [-0.2, 0) is 0 Å². The molecule has 0 bridgehead atoms. The van der Waals surface area contributed by atoms with Gasteiger partial charge in [0.05, 0.1) is 28.4 Å². The first-order valence-corrected chi connectivity index (χ1v) is 24.1. The first-order chi connectivity index (χ1) is 37.0. The van der Waals surface area contributed by atoms with E-state index in [1.54, 1.807) is 101 Å². The molecule has 0 aliphatic heterocycles. The van der Waals surface area contributed by atoms with Gasteiger partial charge in [0.2, 0.25) is 0 Å². The van der Waals surface area contributed by atoms with Crippen LogP contribution in [0.3, 0.4) is 0 Å². The lowest BCUT2D eigenvalue weighted by atomic mass is 9.93. The van der Waals surface area contributed by atoms with Crippen molar-refractivity contribution in [1.29, 1.82) is 0 Å². The minimum absolute atomic E-state index is 0.118. The average molecular weight is 1010 g/mol.